The minimum atomic E-state index is -2.86. The molecule has 1 aromatic heterocycles. The summed E-state index contributed by atoms with van der Waals surface area (Å²) in [6.07, 6.45) is 6.90. The highest BCUT2D eigenvalue weighted by atomic mass is 79.9. The number of imidazole rings is 1. The van der Waals surface area contributed by atoms with Crippen molar-refractivity contribution in [1.29, 1.82) is 0 Å². The normalized spacial score (nSPS) is 11.2. The van der Waals surface area contributed by atoms with Crippen molar-refractivity contribution in [3.05, 3.63) is 18.7 Å². The molecule has 0 aliphatic carbocycles. The molecule has 0 fully saturated rings. The Morgan fingerprint density at radius 2 is 1.94 bits per heavy atom. The number of aryl methyl sites for hydroxylation is 1. The molecule has 5 nitrogen and oxygen atoms in total. The molecule has 7 heteroatoms. The van der Waals surface area contributed by atoms with Gasteiger partial charge < -0.3 is 26.0 Å². The van der Waals surface area contributed by atoms with E-state index in [1.807, 2.05) is 37.1 Å². The summed E-state index contributed by atoms with van der Waals surface area (Å²) in [5.41, 5.74) is 0. The van der Waals surface area contributed by atoms with Crippen molar-refractivity contribution < 1.29 is 35.2 Å². The second-order valence-electron chi connectivity index (χ2n) is 3.37. The molecule has 0 spiro atoms. The van der Waals surface area contributed by atoms with Crippen LogP contribution in [0.5, 0.6) is 0 Å². The molecule has 0 unspecified atom stereocenters. The Hall–Kier alpha value is -0.160. The van der Waals surface area contributed by atoms with Crippen LogP contribution in [0.2, 0.25) is 0 Å². The van der Waals surface area contributed by atoms with Gasteiger partial charge in [-0.1, -0.05) is 0 Å². The Kier molecular flexibility index (Phi) is 8.78. The SMILES string of the molecule is CCOP(=O)(CCC[n+]1cc[nH]c1)OCC.[Br-]. The number of rotatable bonds is 8. The molecule has 1 rings (SSSR count). The van der Waals surface area contributed by atoms with Gasteiger partial charge >= 0.3 is 7.60 Å². The number of halogens is 1. The van der Waals surface area contributed by atoms with Crippen LogP contribution in [0.25, 0.3) is 0 Å². The van der Waals surface area contributed by atoms with Gasteiger partial charge in [0.15, 0.2) is 0 Å². The van der Waals surface area contributed by atoms with Crippen molar-refractivity contribution in [2.24, 2.45) is 0 Å². The summed E-state index contributed by atoms with van der Waals surface area (Å²) in [7, 11) is -2.86. The predicted molar refractivity (Wildman–Crippen MR) is 61.3 cm³/mol. The van der Waals surface area contributed by atoms with Gasteiger partial charge in [0.25, 0.3) is 0 Å². The van der Waals surface area contributed by atoms with E-state index in [9.17, 15) is 4.57 Å². The summed E-state index contributed by atoms with van der Waals surface area (Å²) in [6.45, 7) is 5.32. The molecule has 0 saturated carbocycles. The highest BCUT2D eigenvalue weighted by Crippen LogP contribution is 2.48. The number of hydrogen-bond acceptors (Lipinski definition) is 3. The van der Waals surface area contributed by atoms with Crippen LogP contribution in [-0.4, -0.2) is 24.4 Å². The Morgan fingerprint density at radius 3 is 2.41 bits per heavy atom. The van der Waals surface area contributed by atoms with Crippen LogP contribution in [0.4, 0.5) is 0 Å². The third kappa shape index (κ3) is 6.36. The topological polar surface area (TPSA) is 55.2 Å². The zero-order chi connectivity index (χ0) is 11.9. The fourth-order valence-corrected chi connectivity index (χ4v) is 3.11. The van der Waals surface area contributed by atoms with E-state index in [0.29, 0.717) is 19.4 Å². The second-order valence-corrected chi connectivity index (χ2v) is 5.56. The first-order chi connectivity index (χ1) is 7.70. The summed E-state index contributed by atoms with van der Waals surface area (Å²) in [5, 5.41) is 0. The summed E-state index contributed by atoms with van der Waals surface area (Å²) in [6, 6.07) is 0. The van der Waals surface area contributed by atoms with Crippen LogP contribution in [0.15, 0.2) is 18.7 Å². The van der Waals surface area contributed by atoms with E-state index >= 15 is 0 Å². The maximum Gasteiger partial charge on any atom is 0.330 e. The van der Waals surface area contributed by atoms with E-state index in [1.165, 1.54) is 0 Å². The second kappa shape index (κ2) is 8.86. The molecule has 1 heterocycles. The molecule has 1 aromatic rings. The van der Waals surface area contributed by atoms with E-state index in [1.54, 1.807) is 0 Å². The number of H-pyrrole nitrogens is 1. The Morgan fingerprint density at radius 1 is 1.29 bits per heavy atom. The van der Waals surface area contributed by atoms with Crippen molar-refractivity contribution in [3.8, 4) is 0 Å². The number of aromatic nitrogens is 2. The predicted octanol–water partition coefficient (Wildman–Crippen LogP) is -1.04. The van der Waals surface area contributed by atoms with Gasteiger partial charge in [-0.05, 0) is 20.3 Å². The van der Waals surface area contributed by atoms with Gasteiger partial charge in [0.2, 0.25) is 6.33 Å². The first-order valence-electron chi connectivity index (χ1n) is 5.60. The maximum atomic E-state index is 12.1. The van der Waals surface area contributed by atoms with E-state index in [0.717, 1.165) is 13.0 Å². The van der Waals surface area contributed by atoms with Gasteiger partial charge in [-0.2, -0.15) is 0 Å². The Balaban J connectivity index is 0.00000256. The molecule has 0 atom stereocenters. The third-order valence-electron chi connectivity index (χ3n) is 2.10. The lowest BCUT2D eigenvalue weighted by Gasteiger charge is -2.16. The van der Waals surface area contributed by atoms with Gasteiger partial charge in [-0.15, -0.1) is 0 Å². The van der Waals surface area contributed by atoms with Gasteiger partial charge in [0.05, 0.1) is 25.9 Å². The molecule has 1 N–H and O–H groups in total. The first kappa shape index (κ1) is 16.8. The Labute approximate surface area is 113 Å². The van der Waals surface area contributed by atoms with Crippen LogP contribution >= 0.6 is 7.60 Å². The fourth-order valence-electron chi connectivity index (χ4n) is 1.47. The zero-order valence-electron chi connectivity index (χ0n) is 10.3. The summed E-state index contributed by atoms with van der Waals surface area (Å²) in [4.78, 5) is 2.96. The van der Waals surface area contributed by atoms with Crippen LogP contribution < -0.4 is 21.5 Å². The lowest BCUT2D eigenvalue weighted by Crippen LogP contribution is -3.00. The van der Waals surface area contributed by atoms with Crippen LogP contribution in [0.1, 0.15) is 20.3 Å². The number of aromatic amines is 1. The van der Waals surface area contributed by atoms with Crippen molar-refractivity contribution in [3.63, 3.8) is 0 Å². The van der Waals surface area contributed by atoms with Gasteiger partial charge in [0.1, 0.15) is 12.4 Å². The quantitative estimate of drug-likeness (QED) is 0.490. The van der Waals surface area contributed by atoms with Gasteiger partial charge in [0, 0.05) is 0 Å². The van der Waals surface area contributed by atoms with E-state index in [4.69, 9.17) is 9.05 Å². The van der Waals surface area contributed by atoms with Gasteiger partial charge in [-0.25, -0.2) is 4.57 Å². The number of nitrogens with one attached hydrogen (secondary N) is 1. The lowest BCUT2D eigenvalue weighted by atomic mass is 10.5. The van der Waals surface area contributed by atoms with Crippen LogP contribution in [-0.2, 0) is 20.2 Å². The molecular formula is C10H20BrN2O3P. The highest BCUT2D eigenvalue weighted by molar-refractivity contribution is 7.53. The van der Waals surface area contributed by atoms with Crippen molar-refractivity contribution >= 4 is 7.60 Å². The third-order valence-corrected chi connectivity index (χ3v) is 4.27. The fraction of sp³-hybridized carbons (Fsp3) is 0.700. The van der Waals surface area contributed by atoms with Crippen LogP contribution in [0.3, 0.4) is 0 Å². The van der Waals surface area contributed by atoms with Crippen LogP contribution in [0, 0.1) is 0 Å². The van der Waals surface area contributed by atoms with E-state index in [2.05, 4.69) is 4.98 Å². The number of nitrogens with zero attached hydrogens (tertiary/aromatic N) is 1. The van der Waals surface area contributed by atoms with Crippen molar-refractivity contribution in [2.45, 2.75) is 26.8 Å². The molecule has 100 valence electrons. The molecule has 0 aliphatic rings. The minimum absolute atomic E-state index is 0. The zero-order valence-corrected chi connectivity index (χ0v) is 12.7. The summed E-state index contributed by atoms with van der Waals surface area (Å²) in [5.74, 6) is 0. The first-order valence-corrected chi connectivity index (χ1v) is 7.33. The summed E-state index contributed by atoms with van der Waals surface area (Å²) < 4.78 is 24.5. The molecule has 0 amide bonds. The van der Waals surface area contributed by atoms with E-state index < -0.39 is 7.60 Å². The molecule has 0 radical (unpaired) electrons. The lowest BCUT2D eigenvalue weighted by molar-refractivity contribution is -0.695. The molecule has 17 heavy (non-hydrogen) atoms. The smallest absolute Gasteiger partial charge is 0.330 e. The molecular weight excluding hydrogens is 307 g/mol. The highest BCUT2D eigenvalue weighted by Gasteiger charge is 2.22. The van der Waals surface area contributed by atoms with E-state index in [-0.39, 0.29) is 17.0 Å². The molecule has 0 saturated heterocycles. The molecule has 0 bridgehead atoms. The molecule has 0 aliphatic heterocycles. The minimum Gasteiger partial charge on any atom is -1.00 e. The summed E-state index contributed by atoms with van der Waals surface area (Å²) >= 11 is 0. The largest absolute Gasteiger partial charge is 1.00 e. The average Bonchev–Trinajstić information content (AvgIpc) is 2.71. The van der Waals surface area contributed by atoms with Gasteiger partial charge in [-0.3, -0.25) is 9.55 Å². The standard InChI is InChI=1S/C10H19N2O3P.BrH/c1-3-14-16(13,15-4-2)9-5-7-12-8-6-11-10-12;/h6,8,10H,3-5,7,9H2,1-2H3;1H. The van der Waals surface area contributed by atoms with Crippen molar-refractivity contribution in [1.82, 2.24) is 4.98 Å². The van der Waals surface area contributed by atoms with Crippen molar-refractivity contribution in [2.75, 3.05) is 19.4 Å². The Bertz CT molecular complexity index is 322. The average molecular weight is 327 g/mol. The number of hydrogen-bond donors (Lipinski definition) is 1. The maximum absolute atomic E-state index is 12.1. The molecule has 0 aromatic carbocycles. The monoisotopic (exact) mass is 326 g/mol.